The molecule has 1 aromatic carbocycles. The number of halogens is 3. The van der Waals surface area contributed by atoms with E-state index in [1.807, 2.05) is 0 Å². The van der Waals surface area contributed by atoms with Crippen molar-refractivity contribution >= 4 is 0 Å². The van der Waals surface area contributed by atoms with E-state index in [1.54, 1.807) is 13.8 Å². The maximum absolute atomic E-state index is 12.1. The van der Waals surface area contributed by atoms with E-state index in [1.165, 1.54) is 18.2 Å². The summed E-state index contributed by atoms with van der Waals surface area (Å²) in [6.45, 7) is 7.79. The molecule has 0 bridgehead atoms. The van der Waals surface area contributed by atoms with Crippen molar-refractivity contribution in [2.45, 2.75) is 26.1 Å². The second-order valence-electron chi connectivity index (χ2n) is 3.58. The quantitative estimate of drug-likeness (QED) is 0.802. The molecule has 0 heterocycles. The molecule has 17 heavy (non-hydrogen) atoms. The summed E-state index contributed by atoms with van der Waals surface area (Å²) < 4.78 is 45.3. The minimum Gasteiger partial charge on any atom is -0.494 e. The fraction of sp³-hybridized carbons (Fsp3) is 0.417. The van der Waals surface area contributed by atoms with E-state index in [0.29, 0.717) is 17.9 Å². The van der Waals surface area contributed by atoms with E-state index in [2.05, 4.69) is 11.7 Å². The molecule has 0 saturated heterocycles. The van der Waals surface area contributed by atoms with E-state index >= 15 is 0 Å². The zero-order valence-corrected chi connectivity index (χ0v) is 9.67. The first-order chi connectivity index (χ1) is 7.83. The molecule has 5 heteroatoms. The lowest BCUT2D eigenvalue weighted by atomic mass is 10.0. The Labute approximate surface area is 98.3 Å². The molecule has 0 amide bonds. The molecular formula is C12H14F3O2. The van der Waals surface area contributed by atoms with E-state index < -0.39 is 6.36 Å². The minimum absolute atomic E-state index is 0.187. The highest BCUT2D eigenvalue weighted by molar-refractivity contribution is 5.42. The van der Waals surface area contributed by atoms with Gasteiger partial charge in [-0.3, -0.25) is 0 Å². The number of ether oxygens (including phenoxy) is 2. The largest absolute Gasteiger partial charge is 0.573 e. The molecule has 0 saturated carbocycles. The van der Waals surface area contributed by atoms with Crippen molar-refractivity contribution in [2.24, 2.45) is 0 Å². The maximum Gasteiger partial charge on any atom is 0.573 e. The average molecular weight is 247 g/mol. The Kier molecular flexibility index (Phi) is 4.26. The molecular weight excluding hydrogens is 233 g/mol. The molecule has 0 aromatic heterocycles. The lowest BCUT2D eigenvalue weighted by Crippen LogP contribution is -2.17. The van der Waals surface area contributed by atoms with E-state index in [-0.39, 0.29) is 11.7 Å². The molecule has 1 atom stereocenters. The topological polar surface area (TPSA) is 18.5 Å². The molecule has 0 N–H and O–H groups in total. The first-order valence-corrected chi connectivity index (χ1v) is 5.19. The van der Waals surface area contributed by atoms with Gasteiger partial charge in [-0.15, -0.1) is 13.2 Å². The van der Waals surface area contributed by atoms with Gasteiger partial charge in [0.1, 0.15) is 11.5 Å². The summed E-state index contributed by atoms with van der Waals surface area (Å²) in [5.74, 6) is 0.0873. The van der Waals surface area contributed by atoms with Crippen molar-refractivity contribution in [3.63, 3.8) is 0 Å². The van der Waals surface area contributed by atoms with Gasteiger partial charge in [0.2, 0.25) is 0 Å². The monoisotopic (exact) mass is 247 g/mol. The Morgan fingerprint density at radius 1 is 1.35 bits per heavy atom. The SMILES string of the molecule is [CH2]C(C)c1cc(OC(F)(F)F)ccc1OCC. The number of alkyl halides is 3. The van der Waals surface area contributed by atoms with Crippen LogP contribution in [-0.2, 0) is 0 Å². The van der Waals surface area contributed by atoms with Crippen molar-refractivity contribution in [2.75, 3.05) is 6.61 Å². The van der Waals surface area contributed by atoms with Gasteiger partial charge in [-0.25, -0.2) is 0 Å². The Hall–Kier alpha value is -1.39. The summed E-state index contributed by atoms with van der Waals surface area (Å²) >= 11 is 0. The van der Waals surface area contributed by atoms with Crippen molar-refractivity contribution in [3.05, 3.63) is 30.7 Å². The van der Waals surface area contributed by atoms with Crippen molar-refractivity contribution in [1.29, 1.82) is 0 Å². The fourth-order valence-electron chi connectivity index (χ4n) is 1.40. The third kappa shape index (κ3) is 4.17. The standard InChI is InChI=1S/C12H14F3O2/c1-4-16-11-6-5-9(17-12(13,14)15)7-10(11)8(2)3/h5-8H,2,4H2,1,3H3. The molecule has 0 fully saturated rings. The van der Waals surface area contributed by atoms with Crippen LogP contribution < -0.4 is 9.47 Å². The van der Waals surface area contributed by atoms with Crippen LogP contribution in [0, 0.1) is 6.92 Å². The van der Waals surface area contributed by atoms with Crippen LogP contribution >= 0.6 is 0 Å². The normalized spacial score (nSPS) is 11.7. The highest BCUT2D eigenvalue weighted by atomic mass is 19.4. The van der Waals surface area contributed by atoms with Crippen LogP contribution in [-0.4, -0.2) is 13.0 Å². The average Bonchev–Trinajstić information content (AvgIpc) is 2.18. The molecule has 1 aromatic rings. The van der Waals surface area contributed by atoms with Gasteiger partial charge in [0, 0.05) is 5.56 Å². The fourth-order valence-corrected chi connectivity index (χ4v) is 1.40. The van der Waals surface area contributed by atoms with Crippen LogP contribution in [0.2, 0.25) is 0 Å². The zero-order valence-electron chi connectivity index (χ0n) is 9.67. The second kappa shape index (κ2) is 5.29. The summed E-state index contributed by atoms with van der Waals surface area (Å²) in [6.07, 6.45) is -4.69. The molecule has 1 radical (unpaired) electrons. The van der Waals surface area contributed by atoms with Gasteiger partial charge in [-0.2, -0.15) is 0 Å². The molecule has 1 rings (SSSR count). The van der Waals surface area contributed by atoms with Gasteiger partial charge in [0.05, 0.1) is 6.61 Å². The Balaban J connectivity index is 3.01. The molecule has 2 nitrogen and oxygen atoms in total. The number of hydrogen-bond donors (Lipinski definition) is 0. The van der Waals surface area contributed by atoms with Gasteiger partial charge < -0.3 is 9.47 Å². The molecule has 0 spiro atoms. The molecule has 1 unspecified atom stereocenters. The van der Waals surface area contributed by atoms with Crippen molar-refractivity contribution < 1.29 is 22.6 Å². The number of benzene rings is 1. The summed E-state index contributed by atoms with van der Waals surface area (Å²) in [7, 11) is 0. The predicted molar refractivity (Wildman–Crippen MR) is 58.1 cm³/mol. The first kappa shape index (κ1) is 13.7. The predicted octanol–water partition coefficient (Wildman–Crippen LogP) is 3.92. The smallest absolute Gasteiger partial charge is 0.494 e. The van der Waals surface area contributed by atoms with Crippen LogP contribution in [0.1, 0.15) is 25.3 Å². The molecule has 95 valence electrons. The highest BCUT2D eigenvalue weighted by Gasteiger charge is 2.31. The highest BCUT2D eigenvalue weighted by Crippen LogP contribution is 2.32. The Morgan fingerprint density at radius 2 is 2.00 bits per heavy atom. The summed E-state index contributed by atoms with van der Waals surface area (Å²) in [6, 6.07) is 3.99. The molecule has 0 aliphatic heterocycles. The number of rotatable bonds is 4. The third-order valence-electron chi connectivity index (χ3n) is 2.05. The summed E-state index contributed by atoms with van der Waals surface area (Å²) in [5, 5.41) is 0. The first-order valence-electron chi connectivity index (χ1n) is 5.19. The van der Waals surface area contributed by atoms with Gasteiger partial charge in [-0.1, -0.05) is 6.92 Å². The second-order valence-corrected chi connectivity index (χ2v) is 3.58. The van der Waals surface area contributed by atoms with Crippen LogP contribution in [0.5, 0.6) is 11.5 Å². The maximum atomic E-state index is 12.1. The van der Waals surface area contributed by atoms with Crippen molar-refractivity contribution in [1.82, 2.24) is 0 Å². The van der Waals surface area contributed by atoms with Gasteiger partial charge in [0.25, 0.3) is 0 Å². The Bertz CT molecular complexity index is 373. The van der Waals surface area contributed by atoms with Gasteiger partial charge in [0.15, 0.2) is 0 Å². The van der Waals surface area contributed by atoms with Crippen LogP contribution in [0.15, 0.2) is 18.2 Å². The lowest BCUT2D eigenvalue weighted by Gasteiger charge is -2.15. The van der Waals surface area contributed by atoms with Gasteiger partial charge >= 0.3 is 6.36 Å². The Morgan fingerprint density at radius 3 is 2.47 bits per heavy atom. The van der Waals surface area contributed by atoms with Crippen molar-refractivity contribution in [3.8, 4) is 11.5 Å². The minimum atomic E-state index is -4.69. The molecule has 0 aliphatic carbocycles. The van der Waals surface area contributed by atoms with E-state index in [0.717, 1.165) is 0 Å². The third-order valence-corrected chi connectivity index (χ3v) is 2.05. The molecule has 0 aliphatic rings. The summed E-state index contributed by atoms with van der Waals surface area (Å²) in [4.78, 5) is 0. The lowest BCUT2D eigenvalue weighted by molar-refractivity contribution is -0.274. The van der Waals surface area contributed by atoms with Crippen LogP contribution in [0.25, 0.3) is 0 Å². The van der Waals surface area contributed by atoms with Gasteiger partial charge in [-0.05, 0) is 38.0 Å². The van der Waals surface area contributed by atoms with E-state index in [9.17, 15) is 13.2 Å². The van der Waals surface area contributed by atoms with Crippen LogP contribution in [0.4, 0.5) is 13.2 Å². The number of hydrogen-bond acceptors (Lipinski definition) is 2. The zero-order chi connectivity index (χ0) is 13.1. The summed E-state index contributed by atoms with van der Waals surface area (Å²) in [5.41, 5.74) is 0.591. The van der Waals surface area contributed by atoms with E-state index in [4.69, 9.17) is 4.74 Å². The van der Waals surface area contributed by atoms with Crippen LogP contribution in [0.3, 0.4) is 0 Å².